The summed E-state index contributed by atoms with van der Waals surface area (Å²) in [5.41, 5.74) is -0.683. The highest BCUT2D eigenvalue weighted by atomic mass is 32.2. The van der Waals surface area contributed by atoms with E-state index < -0.39 is 50.3 Å². The number of hydrogen-bond acceptors (Lipinski definition) is 10. The Morgan fingerprint density at radius 2 is 1.90 bits per heavy atom. The van der Waals surface area contributed by atoms with E-state index in [4.69, 9.17) is 9.72 Å². The van der Waals surface area contributed by atoms with Gasteiger partial charge in [-0.1, -0.05) is 64.0 Å². The number of hydrogen-bond donors (Lipinski definition) is 3. The van der Waals surface area contributed by atoms with E-state index in [0.717, 1.165) is 42.1 Å². The molecule has 4 aliphatic rings. The largest absolute Gasteiger partial charge is 0.472 e. The SMILES string of the molecule is CC(C)(C)c1csc(N[C@H]2CCCCCC=C[C@@H]3C[C@@]3(C(=O)NS(=O)(=O)C3(C)CC3)NC(=O)[C@@H]3C[C@@H](Oc4nccc5ccccc45)CN3C2=O)n1. The minimum Gasteiger partial charge on any atom is -0.472 e. The monoisotopic (exact) mass is 748 g/mol. The van der Waals surface area contributed by atoms with Gasteiger partial charge in [-0.15, -0.1) is 11.3 Å². The summed E-state index contributed by atoms with van der Waals surface area (Å²) in [5, 5.41) is 10.8. The average molecular weight is 749 g/mol. The number of ether oxygens (including phenoxy) is 1. The average Bonchev–Trinajstić information content (AvgIpc) is 3.88. The Hall–Kier alpha value is -4.04. The van der Waals surface area contributed by atoms with E-state index in [0.29, 0.717) is 30.3 Å². The second-order valence-corrected chi connectivity index (χ2v) is 19.1. The summed E-state index contributed by atoms with van der Waals surface area (Å²) in [4.78, 5) is 53.8. The third kappa shape index (κ3) is 7.28. The molecule has 12 nitrogen and oxygen atoms in total. The predicted molar refractivity (Wildman–Crippen MR) is 200 cm³/mol. The minimum atomic E-state index is -3.94. The maximum Gasteiger partial charge on any atom is 0.259 e. The topological polar surface area (TPSA) is 160 Å². The fourth-order valence-electron chi connectivity index (χ4n) is 7.12. The number of carbonyl (C=O) groups is 3. The molecule has 4 heterocycles. The van der Waals surface area contributed by atoms with Crippen molar-refractivity contribution in [3.63, 3.8) is 0 Å². The summed E-state index contributed by atoms with van der Waals surface area (Å²) < 4.78 is 34.0. The van der Waals surface area contributed by atoms with Gasteiger partial charge in [0.25, 0.3) is 5.91 Å². The minimum absolute atomic E-state index is 0.125. The van der Waals surface area contributed by atoms with Crippen LogP contribution in [0.1, 0.15) is 91.2 Å². The van der Waals surface area contributed by atoms with Crippen molar-refractivity contribution in [1.82, 2.24) is 24.9 Å². The number of carbonyl (C=O) groups excluding carboxylic acids is 3. The van der Waals surface area contributed by atoms with Gasteiger partial charge in [-0.05, 0) is 63.0 Å². The molecule has 3 N–H and O–H groups in total. The number of aromatic nitrogens is 2. The summed E-state index contributed by atoms with van der Waals surface area (Å²) >= 11 is 1.45. The van der Waals surface area contributed by atoms with Crippen LogP contribution < -0.4 is 20.1 Å². The molecule has 1 saturated heterocycles. The van der Waals surface area contributed by atoms with Crippen LogP contribution in [0, 0.1) is 5.92 Å². The standard InChI is InChI=1S/C38H48N6O6S2/c1-36(2,3)30-23-51-35(41-30)40-28-15-9-7-5-6-8-13-25-21-38(25,34(47)43-52(48,49)37(4)17-18-37)42-31(45)29-20-26(22-44(29)33(28)46)50-32-27-14-11-10-12-24(27)16-19-39-32/h8,10-14,16,19,23,25-26,28-29H,5-7,9,15,17-18,20-22H2,1-4H3,(H,40,41)(H,42,45)(H,43,47)/t25-,26-,28+,29+,38-/m1/s1. The van der Waals surface area contributed by atoms with Gasteiger partial charge < -0.3 is 20.3 Å². The lowest BCUT2D eigenvalue weighted by atomic mass is 9.93. The Morgan fingerprint density at radius 1 is 1.12 bits per heavy atom. The summed E-state index contributed by atoms with van der Waals surface area (Å²) in [6.45, 7) is 8.01. The second-order valence-electron chi connectivity index (χ2n) is 16.0. The van der Waals surface area contributed by atoms with Gasteiger partial charge in [-0.3, -0.25) is 19.1 Å². The lowest BCUT2D eigenvalue weighted by Gasteiger charge is -2.30. The Balaban J connectivity index is 1.20. The zero-order valence-corrected chi connectivity index (χ0v) is 31.8. The Morgan fingerprint density at radius 3 is 2.65 bits per heavy atom. The van der Waals surface area contributed by atoms with Gasteiger partial charge in [0.05, 0.1) is 17.0 Å². The molecule has 2 aliphatic heterocycles. The van der Waals surface area contributed by atoms with Gasteiger partial charge >= 0.3 is 0 Å². The van der Waals surface area contributed by atoms with Crippen LogP contribution in [0.4, 0.5) is 5.13 Å². The zero-order chi connectivity index (χ0) is 36.9. The van der Waals surface area contributed by atoms with Gasteiger partial charge in [0.1, 0.15) is 23.7 Å². The fourth-order valence-corrected chi connectivity index (χ4v) is 9.43. The van der Waals surface area contributed by atoms with E-state index in [9.17, 15) is 22.8 Å². The normalized spacial score (nSPS) is 27.8. The molecule has 3 fully saturated rings. The molecular weight excluding hydrogens is 701 g/mol. The maximum atomic E-state index is 14.7. The van der Waals surface area contributed by atoms with Crippen LogP contribution in [0.2, 0.25) is 0 Å². The third-order valence-corrected chi connectivity index (χ3v) is 13.9. The van der Waals surface area contributed by atoms with Crippen LogP contribution in [0.5, 0.6) is 5.88 Å². The molecule has 7 rings (SSSR count). The highest BCUT2D eigenvalue weighted by Gasteiger charge is 2.63. The molecule has 2 aliphatic carbocycles. The van der Waals surface area contributed by atoms with Crippen LogP contribution in [0.25, 0.3) is 10.8 Å². The van der Waals surface area contributed by atoms with Crippen LogP contribution >= 0.6 is 11.3 Å². The summed E-state index contributed by atoms with van der Waals surface area (Å²) in [6, 6.07) is 7.99. The molecule has 1 aromatic carbocycles. The van der Waals surface area contributed by atoms with Crippen molar-refractivity contribution in [3.05, 3.63) is 59.8 Å². The number of nitrogens with one attached hydrogen (secondary N) is 3. The lowest BCUT2D eigenvalue weighted by Crippen LogP contribution is -2.58. The van der Waals surface area contributed by atoms with E-state index in [1.54, 1.807) is 18.0 Å². The molecule has 0 radical (unpaired) electrons. The van der Waals surface area contributed by atoms with Crippen molar-refractivity contribution in [3.8, 4) is 5.88 Å². The van der Waals surface area contributed by atoms with E-state index in [1.807, 2.05) is 47.9 Å². The van der Waals surface area contributed by atoms with Gasteiger partial charge in [0.2, 0.25) is 27.7 Å². The third-order valence-electron chi connectivity index (χ3n) is 11.0. The molecule has 0 bridgehead atoms. The van der Waals surface area contributed by atoms with Gasteiger partial charge in [-0.2, -0.15) is 0 Å². The zero-order valence-electron chi connectivity index (χ0n) is 30.2. The number of fused-ring (bicyclic) bond motifs is 3. The van der Waals surface area contributed by atoms with Crippen molar-refractivity contribution in [2.24, 2.45) is 5.92 Å². The van der Waals surface area contributed by atoms with Crippen molar-refractivity contribution in [2.45, 2.75) is 119 Å². The van der Waals surface area contributed by atoms with Gasteiger partial charge in [0, 0.05) is 34.7 Å². The molecule has 14 heteroatoms. The van der Waals surface area contributed by atoms with Crippen LogP contribution in [0.3, 0.4) is 0 Å². The van der Waals surface area contributed by atoms with Crippen molar-refractivity contribution < 1.29 is 27.5 Å². The Labute approximate surface area is 309 Å². The smallest absolute Gasteiger partial charge is 0.259 e. The number of allylic oxidation sites excluding steroid dienone is 1. The van der Waals surface area contributed by atoms with Gasteiger partial charge in [0.15, 0.2) is 5.13 Å². The summed E-state index contributed by atoms with van der Waals surface area (Å²) in [7, 11) is -3.94. The highest BCUT2D eigenvalue weighted by Crippen LogP contribution is 2.47. The van der Waals surface area contributed by atoms with Crippen molar-refractivity contribution in [2.75, 3.05) is 11.9 Å². The summed E-state index contributed by atoms with van der Waals surface area (Å²) in [6.07, 6.45) is 10.2. The van der Waals surface area contributed by atoms with Crippen LogP contribution in [-0.4, -0.2) is 76.0 Å². The number of thiazole rings is 1. The van der Waals surface area contributed by atoms with E-state index in [-0.39, 0.29) is 36.6 Å². The number of nitrogens with zero attached hydrogens (tertiary/aromatic N) is 3. The first-order valence-electron chi connectivity index (χ1n) is 18.3. The molecule has 0 unspecified atom stereocenters. The number of anilines is 1. The number of benzene rings is 1. The van der Waals surface area contributed by atoms with Crippen molar-refractivity contribution in [1.29, 1.82) is 0 Å². The molecule has 2 aromatic heterocycles. The Kier molecular flexibility index (Phi) is 9.60. The molecule has 2 saturated carbocycles. The first-order valence-corrected chi connectivity index (χ1v) is 20.6. The number of amides is 3. The summed E-state index contributed by atoms with van der Waals surface area (Å²) in [5.74, 6) is -1.49. The molecule has 3 amide bonds. The molecular formula is C38H48N6O6S2. The Bertz CT molecular complexity index is 2000. The molecule has 5 atom stereocenters. The fraction of sp³-hybridized carbons (Fsp3) is 0.553. The lowest BCUT2D eigenvalue weighted by molar-refractivity contribution is -0.140. The molecule has 3 aromatic rings. The molecule has 0 spiro atoms. The number of sulfonamides is 1. The van der Waals surface area contributed by atoms with Crippen molar-refractivity contribution >= 4 is 55.0 Å². The number of rotatable bonds is 7. The van der Waals surface area contributed by atoms with Crippen LogP contribution in [-0.2, 0) is 29.8 Å². The first kappa shape index (κ1) is 36.3. The van der Waals surface area contributed by atoms with E-state index in [2.05, 4.69) is 41.1 Å². The van der Waals surface area contributed by atoms with Crippen LogP contribution in [0.15, 0.2) is 54.1 Å². The predicted octanol–water partition coefficient (Wildman–Crippen LogP) is 5.21. The number of pyridine rings is 1. The molecule has 278 valence electrons. The maximum absolute atomic E-state index is 14.7. The molecule has 52 heavy (non-hydrogen) atoms. The highest BCUT2D eigenvalue weighted by molar-refractivity contribution is 7.91. The first-order chi connectivity index (χ1) is 24.7. The quantitative estimate of drug-likeness (QED) is 0.276. The van der Waals surface area contributed by atoms with Gasteiger partial charge in [-0.25, -0.2) is 18.4 Å². The van der Waals surface area contributed by atoms with E-state index >= 15 is 0 Å². The van der Waals surface area contributed by atoms with E-state index in [1.165, 1.54) is 11.3 Å². The second kappa shape index (κ2) is 13.7.